The number of carbonyl (C=O) groups is 1. The van der Waals surface area contributed by atoms with Gasteiger partial charge in [0.05, 0.1) is 10.2 Å². The fourth-order valence-electron chi connectivity index (χ4n) is 2.41. The number of thiazole rings is 1. The Kier molecular flexibility index (Phi) is 6.41. The molecular formula is C20H21N3OS2. The maximum Gasteiger partial charge on any atom is 0.271 e. The van der Waals surface area contributed by atoms with Gasteiger partial charge in [0.1, 0.15) is 0 Å². The van der Waals surface area contributed by atoms with Gasteiger partial charge < -0.3 is 0 Å². The number of hydrazone groups is 1. The van der Waals surface area contributed by atoms with E-state index in [1.807, 2.05) is 56.3 Å². The summed E-state index contributed by atoms with van der Waals surface area (Å²) in [6, 6.07) is 15.8. The van der Waals surface area contributed by atoms with E-state index in [0.717, 1.165) is 39.7 Å². The fourth-order valence-corrected chi connectivity index (χ4v) is 4.44. The SMILES string of the molecule is CCC(CC)=NNC(=O)c1ccc(CSc2nc3ccccc3s2)cc1. The summed E-state index contributed by atoms with van der Waals surface area (Å²) < 4.78 is 2.27. The highest BCUT2D eigenvalue weighted by Gasteiger charge is 2.07. The molecule has 1 aromatic heterocycles. The molecule has 0 radical (unpaired) electrons. The zero-order chi connectivity index (χ0) is 18.4. The number of benzene rings is 2. The zero-order valence-electron chi connectivity index (χ0n) is 14.9. The van der Waals surface area contributed by atoms with Crippen LogP contribution in [0, 0.1) is 0 Å². The predicted octanol–water partition coefficient (Wildman–Crippen LogP) is 5.49. The van der Waals surface area contributed by atoms with Crippen LogP contribution in [0.1, 0.15) is 42.6 Å². The first-order valence-electron chi connectivity index (χ1n) is 8.62. The van der Waals surface area contributed by atoms with Crippen molar-refractivity contribution in [3.63, 3.8) is 0 Å². The van der Waals surface area contributed by atoms with Crippen molar-refractivity contribution < 1.29 is 4.79 Å². The van der Waals surface area contributed by atoms with Gasteiger partial charge in [-0.1, -0.05) is 49.9 Å². The Labute approximate surface area is 161 Å². The molecule has 0 saturated heterocycles. The highest BCUT2D eigenvalue weighted by Crippen LogP contribution is 2.31. The van der Waals surface area contributed by atoms with Gasteiger partial charge in [-0.3, -0.25) is 4.79 Å². The molecule has 1 heterocycles. The number of para-hydroxylation sites is 1. The first-order chi connectivity index (χ1) is 12.7. The van der Waals surface area contributed by atoms with Crippen LogP contribution in [0.5, 0.6) is 0 Å². The number of rotatable bonds is 7. The molecule has 0 aliphatic carbocycles. The van der Waals surface area contributed by atoms with Crippen LogP contribution >= 0.6 is 23.1 Å². The lowest BCUT2D eigenvalue weighted by Gasteiger charge is -2.04. The van der Waals surface area contributed by atoms with E-state index in [0.29, 0.717) is 5.56 Å². The molecule has 0 unspecified atom stereocenters. The van der Waals surface area contributed by atoms with E-state index in [4.69, 9.17) is 0 Å². The molecular weight excluding hydrogens is 362 g/mol. The van der Waals surface area contributed by atoms with Gasteiger partial charge in [-0.15, -0.1) is 11.3 Å². The summed E-state index contributed by atoms with van der Waals surface area (Å²) in [5.41, 5.74) is 6.45. The van der Waals surface area contributed by atoms with Crippen molar-refractivity contribution in [2.75, 3.05) is 0 Å². The van der Waals surface area contributed by atoms with Crippen LogP contribution in [0.4, 0.5) is 0 Å². The maximum atomic E-state index is 12.1. The van der Waals surface area contributed by atoms with E-state index in [1.165, 1.54) is 4.70 Å². The molecule has 0 fully saturated rings. The first kappa shape index (κ1) is 18.6. The zero-order valence-corrected chi connectivity index (χ0v) is 16.5. The van der Waals surface area contributed by atoms with Gasteiger partial charge >= 0.3 is 0 Å². The summed E-state index contributed by atoms with van der Waals surface area (Å²) in [7, 11) is 0. The van der Waals surface area contributed by atoms with Gasteiger partial charge in [0.2, 0.25) is 0 Å². The van der Waals surface area contributed by atoms with Crippen molar-refractivity contribution >= 4 is 44.9 Å². The monoisotopic (exact) mass is 383 g/mol. The van der Waals surface area contributed by atoms with Gasteiger partial charge in [0, 0.05) is 17.0 Å². The minimum atomic E-state index is -0.172. The number of carbonyl (C=O) groups excluding carboxylic acids is 1. The molecule has 0 aliphatic rings. The Morgan fingerprint density at radius 2 is 1.85 bits per heavy atom. The third-order valence-corrected chi connectivity index (χ3v) is 6.23. The average Bonchev–Trinajstić information content (AvgIpc) is 3.10. The number of thioether (sulfide) groups is 1. The third-order valence-electron chi connectivity index (χ3n) is 3.98. The summed E-state index contributed by atoms with van der Waals surface area (Å²) in [5, 5.41) is 4.16. The molecule has 3 aromatic rings. The number of hydrogen-bond acceptors (Lipinski definition) is 5. The largest absolute Gasteiger partial charge is 0.271 e. The Bertz CT molecular complexity index is 877. The second-order valence-electron chi connectivity index (χ2n) is 5.76. The van der Waals surface area contributed by atoms with E-state index < -0.39 is 0 Å². The lowest BCUT2D eigenvalue weighted by Crippen LogP contribution is -2.19. The van der Waals surface area contributed by atoms with Gasteiger partial charge in [-0.2, -0.15) is 5.10 Å². The number of nitrogens with one attached hydrogen (secondary N) is 1. The quantitative estimate of drug-likeness (QED) is 0.333. The maximum absolute atomic E-state index is 12.1. The second kappa shape index (κ2) is 8.96. The van der Waals surface area contributed by atoms with E-state index in [-0.39, 0.29) is 5.91 Å². The lowest BCUT2D eigenvalue weighted by molar-refractivity contribution is 0.0954. The summed E-state index contributed by atoms with van der Waals surface area (Å²) in [4.78, 5) is 16.8. The molecule has 4 nitrogen and oxygen atoms in total. The van der Waals surface area contributed by atoms with E-state index in [9.17, 15) is 4.79 Å². The minimum absolute atomic E-state index is 0.172. The predicted molar refractivity (Wildman–Crippen MR) is 111 cm³/mol. The number of amides is 1. The van der Waals surface area contributed by atoms with Crippen molar-refractivity contribution in [2.45, 2.75) is 36.8 Å². The molecule has 0 spiro atoms. The molecule has 134 valence electrons. The standard InChI is InChI=1S/C20H21N3OS2/c1-3-16(4-2)22-23-19(24)15-11-9-14(10-12-15)13-25-20-21-17-7-5-6-8-18(17)26-20/h5-12H,3-4,13H2,1-2H3,(H,23,24). The van der Waals surface area contributed by atoms with E-state index in [2.05, 4.69) is 21.6 Å². The molecule has 1 N–H and O–H groups in total. The number of hydrogen-bond donors (Lipinski definition) is 1. The van der Waals surface area contributed by atoms with Crippen LogP contribution in [-0.2, 0) is 5.75 Å². The van der Waals surface area contributed by atoms with Crippen molar-refractivity contribution in [2.24, 2.45) is 5.10 Å². The van der Waals surface area contributed by atoms with Crippen molar-refractivity contribution in [3.05, 3.63) is 59.7 Å². The molecule has 26 heavy (non-hydrogen) atoms. The van der Waals surface area contributed by atoms with Crippen LogP contribution < -0.4 is 5.43 Å². The van der Waals surface area contributed by atoms with Crippen LogP contribution in [-0.4, -0.2) is 16.6 Å². The molecule has 1 amide bonds. The summed E-state index contributed by atoms with van der Waals surface area (Å²) in [6.45, 7) is 4.07. The minimum Gasteiger partial charge on any atom is -0.267 e. The molecule has 0 aliphatic heterocycles. The molecule has 0 atom stereocenters. The van der Waals surface area contributed by atoms with E-state index >= 15 is 0 Å². The molecule has 0 bridgehead atoms. The van der Waals surface area contributed by atoms with Gasteiger partial charge in [-0.25, -0.2) is 10.4 Å². The van der Waals surface area contributed by atoms with Crippen molar-refractivity contribution in [3.8, 4) is 0 Å². The summed E-state index contributed by atoms with van der Waals surface area (Å²) in [5.74, 6) is 0.658. The molecule has 3 rings (SSSR count). The third kappa shape index (κ3) is 4.71. The molecule has 2 aromatic carbocycles. The Morgan fingerprint density at radius 3 is 2.54 bits per heavy atom. The normalized spacial score (nSPS) is 10.7. The van der Waals surface area contributed by atoms with Gasteiger partial charge in [0.25, 0.3) is 5.91 Å². The molecule has 0 saturated carbocycles. The topological polar surface area (TPSA) is 54.4 Å². The first-order valence-corrected chi connectivity index (χ1v) is 10.4. The summed E-state index contributed by atoms with van der Waals surface area (Å²) in [6.07, 6.45) is 1.69. The highest BCUT2D eigenvalue weighted by atomic mass is 32.2. The molecule has 6 heteroatoms. The second-order valence-corrected chi connectivity index (χ2v) is 8.01. The van der Waals surface area contributed by atoms with Crippen LogP contribution in [0.2, 0.25) is 0 Å². The Morgan fingerprint density at radius 1 is 1.12 bits per heavy atom. The van der Waals surface area contributed by atoms with E-state index in [1.54, 1.807) is 23.1 Å². The van der Waals surface area contributed by atoms with Gasteiger partial charge in [0.15, 0.2) is 4.34 Å². The fraction of sp³-hybridized carbons (Fsp3) is 0.250. The van der Waals surface area contributed by atoms with Gasteiger partial charge in [-0.05, 0) is 42.7 Å². The van der Waals surface area contributed by atoms with Crippen LogP contribution in [0.15, 0.2) is 58.0 Å². The smallest absolute Gasteiger partial charge is 0.267 e. The van der Waals surface area contributed by atoms with Crippen LogP contribution in [0.25, 0.3) is 10.2 Å². The number of nitrogens with zero attached hydrogens (tertiary/aromatic N) is 2. The number of aromatic nitrogens is 1. The Hall–Kier alpha value is -2.18. The average molecular weight is 384 g/mol. The highest BCUT2D eigenvalue weighted by molar-refractivity contribution is 8.00. The van der Waals surface area contributed by atoms with Crippen molar-refractivity contribution in [1.29, 1.82) is 0 Å². The van der Waals surface area contributed by atoms with Crippen LogP contribution in [0.3, 0.4) is 0 Å². The summed E-state index contributed by atoms with van der Waals surface area (Å²) >= 11 is 3.43. The Balaban J connectivity index is 1.58. The lowest BCUT2D eigenvalue weighted by atomic mass is 10.1. The number of fused-ring (bicyclic) bond motifs is 1. The van der Waals surface area contributed by atoms with Crippen molar-refractivity contribution in [1.82, 2.24) is 10.4 Å².